The molecular formula is C20H16N6O5. The number of fused-ring (bicyclic) bond motifs is 1. The minimum atomic E-state index is -0.816. The highest BCUT2D eigenvalue weighted by molar-refractivity contribution is 6.15. The molecule has 1 aliphatic heterocycles. The zero-order chi connectivity index (χ0) is 22.1. The van der Waals surface area contributed by atoms with Gasteiger partial charge in [-0.05, 0) is 35.0 Å². The van der Waals surface area contributed by atoms with Crippen molar-refractivity contribution in [3.8, 4) is 0 Å². The maximum Gasteiger partial charge on any atom is 0.355 e. The van der Waals surface area contributed by atoms with Crippen LogP contribution in [0.3, 0.4) is 0 Å². The summed E-state index contributed by atoms with van der Waals surface area (Å²) in [5, 5.41) is 25.2. The van der Waals surface area contributed by atoms with Gasteiger partial charge in [0.15, 0.2) is 5.78 Å². The number of benzene rings is 2. The van der Waals surface area contributed by atoms with Gasteiger partial charge in [-0.3, -0.25) is 14.9 Å². The van der Waals surface area contributed by atoms with Gasteiger partial charge in [0.2, 0.25) is 5.95 Å². The number of tetrazole rings is 1. The number of nitrogens with zero attached hydrogens (tertiary/aromatic N) is 5. The Hall–Kier alpha value is -4.41. The van der Waals surface area contributed by atoms with Crippen molar-refractivity contribution < 1.29 is 19.2 Å². The maximum atomic E-state index is 13.5. The number of hydrogen-bond acceptors (Lipinski definition) is 9. The van der Waals surface area contributed by atoms with E-state index in [0.29, 0.717) is 5.56 Å². The Balaban J connectivity index is 1.90. The summed E-state index contributed by atoms with van der Waals surface area (Å²) in [4.78, 5) is 36.5. The van der Waals surface area contributed by atoms with E-state index in [4.69, 9.17) is 4.74 Å². The number of allylic oxidation sites excluding steroid dienone is 1. The molecule has 2 heterocycles. The number of methoxy groups -OCH3 is 1. The first kappa shape index (κ1) is 19.9. The number of carbonyl (C=O) groups excluding carboxylic acids is 2. The number of aromatic nitrogens is 4. The van der Waals surface area contributed by atoms with E-state index in [9.17, 15) is 19.7 Å². The molecule has 0 aliphatic carbocycles. The molecule has 0 radical (unpaired) electrons. The van der Waals surface area contributed by atoms with Crippen molar-refractivity contribution in [1.82, 2.24) is 20.2 Å². The van der Waals surface area contributed by atoms with Crippen LogP contribution in [0.25, 0.3) is 0 Å². The first-order valence-electron chi connectivity index (χ1n) is 9.13. The first-order chi connectivity index (χ1) is 14.9. The molecule has 4 rings (SSSR count). The van der Waals surface area contributed by atoms with Gasteiger partial charge < -0.3 is 10.1 Å². The molecule has 1 N–H and O–H groups in total. The smallest absolute Gasteiger partial charge is 0.355 e. The molecule has 11 heteroatoms. The molecule has 0 spiro atoms. The number of hydrogen-bond donors (Lipinski definition) is 1. The second-order valence-corrected chi connectivity index (χ2v) is 6.80. The van der Waals surface area contributed by atoms with Gasteiger partial charge in [0.05, 0.1) is 17.6 Å². The maximum absolute atomic E-state index is 13.5. The van der Waals surface area contributed by atoms with Crippen LogP contribution < -0.4 is 5.32 Å². The van der Waals surface area contributed by atoms with Gasteiger partial charge in [0.1, 0.15) is 11.7 Å². The van der Waals surface area contributed by atoms with Crippen LogP contribution in [-0.2, 0) is 9.53 Å². The predicted molar refractivity (Wildman–Crippen MR) is 107 cm³/mol. The fourth-order valence-corrected chi connectivity index (χ4v) is 3.34. The summed E-state index contributed by atoms with van der Waals surface area (Å²) in [5.41, 5.74) is 1.65. The number of rotatable bonds is 5. The Bertz CT molecular complexity index is 1210. The second kappa shape index (κ2) is 7.78. The monoisotopic (exact) mass is 420 g/mol. The molecular weight excluding hydrogens is 404 g/mol. The van der Waals surface area contributed by atoms with Crippen LogP contribution in [0.4, 0.5) is 11.6 Å². The van der Waals surface area contributed by atoms with Crippen LogP contribution >= 0.6 is 0 Å². The van der Waals surface area contributed by atoms with Crippen LogP contribution in [0.15, 0.2) is 59.8 Å². The third kappa shape index (κ3) is 3.52. The second-order valence-electron chi connectivity index (χ2n) is 6.80. The van der Waals surface area contributed by atoms with E-state index in [0.717, 1.165) is 5.56 Å². The molecule has 0 unspecified atom stereocenters. The van der Waals surface area contributed by atoms with Crippen molar-refractivity contribution in [2.75, 3.05) is 12.4 Å². The van der Waals surface area contributed by atoms with Crippen molar-refractivity contribution in [1.29, 1.82) is 0 Å². The van der Waals surface area contributed by atoms with E-state index in [1.165, 1.54) is 36.1 Å². The summed E-state index contributed by atoms with van der Waals surface area (Å²) in [5.74, 6) is -1.11. The number of nitro benzene ring substituents is 1. The highest BCUT2D eigenvalue weighted by Crippen LogP contribution is 2.36. The van der Waals surface area contributed by atoms with Crippen LogP contribution in [0.5, 0.6) is 0 Å². The quantitative estimate of drug-likeness (QED) is 0.284. The van der Waals surface area contributed by atoms with E-state index < -0.39 is 22.7 Å². The largest absolute Gasteiger partial charge is 0.464 e. The van der Waals surface area contributed by atoms with Gasteiger partial charge in [-0.15, -0.1) is 0 Å². The molecule has 0 amide bonds. The summed E-state index contributed by atoms with van der Waals surface area (Å²) < 4.78 is 6.27. The average molecular weight is 420 g/mol. The standard InChI is InChI=1S/C20H16N6O5/c1-11-3-5-12(6-4-11)17-15(18(27)13-7-9-14(10-8-13)26(29)30)16(19(28)31-2)21-20-22-23-24-25(17)20/h3-10,17H,1-2H3,(H,21,22,24)/t17-/m0/s1. The van der Waals surface area contributed by atoms with Crippen LogP contribution in [0, 0.1) is 17.0 Å². The Kier molecular flexibility index (Phi) is 4.99. The summed E-state index contributed by atoms with van der Waals surface area (Å²) >= 11 is 0. The highest BCUT2D eigenvalue weighted by Gasteiger charge is 2.38. The third-order valence-electron chi connectivity index (χ3n) is 4.88. The van der Waals surface area contributed by atoms with Crippen molar-refractivity contribution in [3.63, 3.8) is 0 Å². The van der Waals surface area contributed by atoms with Crippen molar-refractivity contribution >= 4 is 23.4 Å². The summed E-state index contributed by atoms with van der Waals surface area (Å²) in [6, 6.07) is 11.7. The SMILES string of the molecule is COC(=O)C1=C(C(=O)c2ccc([N+](=O)[O-])cc2)[C@H](c2ccc(C)cc2)n2nnnc2N1. The lowest BCUT2D eigenvalue weighted by molar-refractivity contribution is -0.384. The Labute approximate surface area is 175 Å². The van der Waals surface area contributed by atoms with E-state index in [1.807, 2.05) is 31.2 Å². The first-order valence-corrected chi connectivity index (χ1v) is 9.13. The highest BCUT2D eigenvalue weighted by atomic mass is 16.6. The van der Waals surface area contributed by atoms with Gasteiger partial charge in [-0.1, -0.05) is 34.9 Å². The molecule has 156 valence electrons. The minimum Gasteiger partial charge on any atom is -0.464 e. The number of ketones is 1. The van der Waals surface area contributed by atoms with Crippen LogP contribution in [-0.4, -0.2) is 44.0 Å². The molecule has 3 aromatic rings. The normalized spacial score (nSPS) is 15.1. The number of ether oxygens (including phenoxy) is 1. The lowest BCUT2D eigenvalue weighted by Gasteiger charge is -2.28. The number of carbonyl (C=O) groups is 2. The number of esters is 1. The Morgan fingerprint density at radius 3 is 2.42 bits per heavy atom. The molecule has 1 atom stereocenters. The topological polar surface area (TPSA) is 142 Å². The minimum absolute atomic E-state index is 0.0596. The molecule has 0 bridgehead atoms. The van der Waals surface area contributed by atoms with E-state index >= 15 is 0 Å². The molecule has 1 aromatic heterocycles. The zero-order valence-corrected chi connectivity index (χ0v) is 16.5. The number of nitrogens with one attached hydrogen (secondary N) is 1. The zero-order valence-electron chi connectivity index (χ0n) is 16.5. The number of non-ortho nitro benzene ring substituents is 1. The summed E-state index contributed by atoms with van der Waals surface area (Å²) in [6.45, 7) is 1.92. The molecule has 11 nitrogen and oxygen atoms in total. The third-order valence-corrected chi connectivity index (χ3v) is 4.88. The number of Topliss-reactive ketones (excluding diaryl/α,β-unsaturated/α-hetero) is 1. The number of anilines is 1. The van der Waals surface area contributed by atoms with Crippen LogP contribution in [0.2, 0.25) is 0 Å². The number of aryl methyl sites for hydroxylation is 1. The van der Waals surface area contributed by atoms with E-state index in [2.05, 4.69) is 20.8 Å². The average Bonchev–Trinajstić information content (AvgIpc) is 3.26. The molecule has 0 saturated carbocycles. The fraction of sp³-hybridized carbons (Fsp3) is 0.150. The molecule has 2 aromatic carbocycles. The van der Waals surface area contributed by atoms with E-state index in [1.54, 1.807) is 0 Å². The van der Waals surface area contributed by atoms with Crippen molar-refractivity contribution in [2.24, 2.45) is 0 Å². The lowest BCUT2D eigenvalue weighted by atomic mass is 9.89. The molecule has 0 saturated heterocycles. The van der Waals surface area contributed by atoms with Gasteiger partial charge in [0.25, 0.3) is 5.69 Å². The predicted octanol–water partition coefficient (Wildman–Crippen LogP) is 2.21. The molecule has 1 aliphatic rings. The molecule has 0 fully saturated rings. The lowest BCUT2D eigenvalue weighted by Crippen LogP contribution is -2.32. The Morgan fingerprint density at radius 1 is 1.13 bits per heavy atom. The van der Waals surface area contributed by atoms with Crippen LogP contribution in [0.1, 0.15) is 27.5 Å². The van der Waals surface area contributed by atoms with E-state index in [-0.39, 0.29) is 28.5 Å². The van der Waals surface area contributed by atoms with Crippen molar-refractivity contribution in [2.45, 2.75) is 13.0 Å². The molecule has 31 heavy (non-hydrogen) atoms. The number of nitro groups is 1. The van der Waals surface area contributed by atoms with Crippen molar-refractivity contribution in [3.05, 3.63) is 86.6 Å². The van der Waals surface area contributed by atoms with Gasteiger partial charge in [0, 0.05) is 17.7 Å². The summed E-state index contributed by atoms with van der Waals surface area (Å²) in [7, 11) is 1.20. The fourth-order valence-electron chi connectivity index (χ4n) is 3.34. The van der Waals surface area contributed by atoms with Gasteiger partial charge in [-0.2, -0.15) is 4.68 Å². The van der Waals surface area contributed by atoms with Gasteiger partial charge in [-0.25, -0.2) is 4.79 Å². The van der Waals surface area contributed by atoms with Gasteiger partial charge >= 0.3 is 5.97 Å². The summed E-state index contributed by atoms with van der Waals surface area (Å²) in [6.07, 6.45) is 0. The Morgan fingerprint density at radius 2 is 1.81 bits per heavy atom.